The highest BCUT2D eigenvalue weighted by Crippen LogP contribution is 2.15. The van der Waals surface area contributed by atoms with Gasteiger partial charge in [0.05, 0.1) is 4.11 Å². The molecule has 1 aliphatic rings. The van der Waals surface area contributed by atoms with E-state index in [1.54, 1.807) is 0 Å². The third kappa shape index (κ3) is 3.38. The molecule has 1 aliphatic heterocycles. The molecule has 0 aromatic heterocycles. The Morgan fingerprint density at radius 2 is 2.40 bits per heavy atom. The van der Waals surface area contributed by atoms with Crippen LogP contribution in [0.3, 0.4) is 0 Å². The second kappa shape index (κ2) is 4.39. The summed E-state index contributed by atoms with van der Waals surface area (Å²) in [6.45, 7) is -10.2. The third-order valence-electron chi connectivity index (χ3n) is 1.39. The lowest BCUT2D eigenvalue weighted by atomic mass is 10.1. The zero-order valence-electron chi connectivity index (χ0n) is 20.8. The molecule has 88 valence electrons. The van der Waals surface area contributed by atoms with Crippen LogP contribution in [0.4, 0.5) is 4.79 Å². The first kappa shape index (κ1) is 3.62. The highest BCUT2D eigenvalue weighted by atomic mass is 16.6. The Balaban J connectivity index is 3.91. The predicted octanol–water partition coefficient (Wildman–Crippen LogP) is 1.60. The zero-order chi connectivity index (χ0) is 22.1. The van der Waals surface area contributed by atoms with Crippen LogP contribution in [0.1, 0.15) is 50.9 Å². The minimum Gasteiger partial charge on any atom is -0.444 e. The molecule has 0 aliphatic carbocycles. The monoisotopic (exact) mass is 226 g/mol. The van der Waals surface area contributed by atoms with Crippen molar-refractivity contribution in [3.8, 4) is 0 Å². The predicted molar refractivity (Wildman–Crippen MR) is 59.9 cm³/mol. The van der Waals surface area contributed by atoms with E-state index in [-0.39, 0.29) is 0 Å². The summed E-state index contributed by atoms with van der Waals surface area (Å²) in [6, 6.07) is -7.38. The molecule has 2 unspecified atom stereocenters. The van der Waals surface area contributed by atoms with Gasteiger partial charge in [0, 0.05) is 37.4 Å². The van der Waals surface area contributed by atoms with Gasteiger partial charge in [0.15, 0.2) is 0 Å². The Bertz CT molecular complexity index is 610. The average molecular weight is 226 g/mol. The molecule has 4 heteroatoms. The normalized spacial score (nSPS) is 57.7. The van der Waals surface area contributed by atoms with Gasteiger partial charge in [-0.15, -0.1) is 0 Å². The second-order valence-corrected chi connectivity index (χ2v) is 3.90. The van der Waals surface area contributed by atoms with Gasteiger partial charge in [-0.3, -0.25) is 0 Å². The van der Waals surface area contributed by atoms with Gasteiger partial charge < -0.3 is 15.0 Å². The standard InChI is InChI=1S/C11H22N2O2/c1-8-9(2)13(7-6-12-8)10(14)15-11(3,4)5/h8-9,12H,6-7H2,1-5H3/i1D3,2D3,6D2,7D2,8D,9D. The van der Waals surface area contributed by atoms with Crippen LogP contribution < -0.4 is 5.32 Å². The number of hydrogen-bond donors (Lipinski definition) is 1. The summed E-state index contributed by atoms with van der Waals surface area (Å²) < 4.78 is 98.4. The molecule has 1 amide bonds. The summed E-state index contributed by atoms with van der Waals surface area (Å²) in [4.78, 5) is 12.2. The molecule has 1 heterocycles. The van der Waals surface area contributed by atoms with E-state index in [1.807, 2.05) is 0 Å². The maximum Gasteiger partial charge on any atom is 0.410 e. The van der Waals surface area contributed by atoms with E-state index < -0.39 is 55.3 Å². The van der Waals surface area contributed by atoms with Gasteiger partial charge in [-0.05, 0) is 34.5 Å². The van der Waals surface area contributed by atoms with Crippen LogP contribution in [0.25, 0.3) is 0 Å². The maximum absolute atomic E-state index is 12.6. The quantitative estimate of drug-likeness (QED) is 0.682. The Morgan fingerprint density at radius 3 is 2.93 bits per heavy atom. The molecular weight excluding hydrogens is 192 g/mol. The van der Waals surface area contributed by atoms with E-state index in [1.165, 1.54) is 26.1 Å². The first-order chi connectivity index (χ1) is 11.5. The van der Waals surface area contributed by atoms with Gasteiger partial charge in [-0.2, -0.15) is 0 Å². The van der Waals surface area contributed by atoms with Gasteiger partial charge in [0.2, 0.25) is 0 Å². The number of amides is 1. The number of carbonyl (C=O) groups is 1. The van der Waals surface area contributed by atoms with Crippen LogP contribution in [0.2, 0.25) is 0 Å². The van der Waals surface area contributed by atoms with Crippen LogP contribution >= 0.6 is 0 Å². The number of ether oxygens (including phenoxy) is 1. The average Bonchev–Trinajstić information content (AvgIpc) is 2.30. The van der Waals surface area contributed by atoms with Crippen molar-refractivity contribution in [2.75, 3.05) is 13.0 Å². The number of rotatable bonds is 0. The van der Waals surface area contributed by atoms with Crippen molar-refractivity contribution in [1.82, 2.24) is 10.2 Å². The van der Waals surface area contributed by atoms with Crippen LogP contribution in [0, 0.1) is 0 Å². The van der Waals surface area contributed by atoms with Crippen molar-refractivity contribution in [3.05, 3.63) is 0 Å². The summed E-state index contributed by atoms with van der Waals surface area (Å²) in [5.41, 5.74) is -1.30. The highest BCUT2D eigenvalue weighted by Gasteiger charge is 2.31. The first-order valence-corrected chi connectivity index (χ1v) is 4.28. The fourth-order valence-corrected chi connectivity index (χ4v) is 0.818. The van der Waals surface area contributed by atoms with Crippen LogP contribution in [0.15, 0.2) is 0 Å². The Morgan fingerprint density at radius 1 is 1.67 bits per heavy atom. The molecule has 2 atom stereocenters. The topological polar surface area (TPSA) is 41.6 Å². The molecule has 1 saturated heterocycles. The number of piperazine rings is 1. The molecule has 0 bridgehead atoms. The number of carbonyl (C=O) groups excluding carboxylic acids is 1. The molecule has 0 spiro atoms. The van der Waals surface area contributed by atoms with E-state index >= 15 is 0 Å². The summed E-state index contributed by atoms with van der Waals surface area (Å²) in [6.07, 6.45) is -1.77. The minimum atomic E-state index is -3.76. The molecule has 4 nitrogen and oxygen atoms in total. The summed E-state index contributed by atoms with van der Waals surface area (Å²) >= 11 is 0. The molecular formula is C11H22N2O2. The molecule has 0 aromatic rings. The van der Waals surface area contributed by atoms with Gasteiger partial charge in [-0.1, -0.05) is 0 Å². The van der Waals surface area contributed by atoms with E-state index in [0.717, 1.165) is 0 Å². The van der Waals surface area contributed by atoms with E-state index in [0.29, 0.717) is 0 Å². The van der Waals surface area contributed by atoms with Crippen molar-refractivity contribution in [3.63, 3.8) is 0 Å². The number of nitrogens with one attached hydrogen (secondary N) is 1. The van der Waals surface area contributed by atoms with Crippen molar-refractivity contribution in [1.29, 1.82) is 0 Å². The van der Waals surface area contributed by atoms with E-state index in [4.69, 9.17) is 21.2 Å². The largest absolute Gasteiger partial charge is 0.444 e. The maximum atomic E-state index is 12.6. The van der Waals surface area contributed by atoms with Gasteiger partial charge in [0.25, 0.3) is 0 Å². The molecule has 15 heavy (non-hydrogen) atoms. The highest BCUT2D eigenvalue weighted by molar-refractivity contribution is 5.68. The molecule has 0 radical (unpaired) electrons. The zero-order valence-corrected chi connectivity index (χ0v) is 8.76. The molecule has 1 N–H and O–H groups in total. The minimum absolute atomic E-state index is 0.436. The molecule has 0 saturated carbocycles. The number of hydrogen-bond acceptors (Lipinski definition) is 3. The van der Waals surface area contributed by atoms with E-state index in [2.05, 4.69) is 0 Å². The fourth-order valence-electron chi connectivity index (χ4n) is 0.818. The fraction of sp³-hybridized carbons (Fsp3) is 0.909. The van der Waals surface area contributed by atoms with Crippen LogP contribution in [0.5, 0.6) is 0 Å². The first-order valence-electron chi connectivity index (χ1n) is 10.3. The van der Waals surface area contributed by atoms with Gasteiger partial charge >= 0.3 is 6.09 Å². The molecule has 0 aromatic carbocycles. The third-order valence-corrected chi connectivity index (χ3v) is 1.39. The Labute approximate surface area is 109 Å². The SMILES string of the molecule is [2H]C([2H])([2H])C1([2H])NC([2H])([2H])C([2H])([2H])N(C(=O)OC(C)(C)C)C1([2H])C([2H])([2H])[2H]. The molecule has 1 fully saturated rings. The van der Waals surface area contributed by atoms with Crippen molar-refractivity contribution >= 4 is 6.09 Å². The summed E-state index contributed by atoms with van der Waals surface area (Å²) in [7, 11) is 0. The van der Waals surface area contributed by atoms with Crippen LogP contribution in [-0.2, 0) is 4.74 Å². The van der Waals surface area contributed by atoms with Crippen molar-refractivity contribution < 1.29 is 26.0 Å². The smallest absolute Gasteiger partial charge is 0.410 e. The summed E-state index contributed by atoms with van der Waals surface area (Å²) in [5, 5.41) is 1.51. The van der Waals surface area contributed by atoms with Crippen LogP contribution in [-0.4, -0.2) is 41.6 Å². The van der Waals surface area contributed by atoms with Gasteiger partial charge in [-0.25, -0.2) is 4.79 Å². The Hall–Kier alpha value is -0.770. The van der Waals surface area contributed by atoms with E-state index in [9.17, 15) is 4.79 Å². The Kier molecular flexibility index (Phi) is 1.06. The summed E-state index contributed by atoms with van der Waals surface area (Å²) in [5.74, 6) is 0. The van der Waals surface area contributed by atoms with Crippen molar-refractivity contribution in [2.24, 2.45) is 0 Å². The number of nitrogens with zero attached hydrogens (tertiary/aromatic N) is 1. The molecule has 1 rings (SSSR count). The lowest BCUT2D eigenvalue weighted by molar-refractivity contribution is 0.00927. The lowest BCUT2D eigenvalue weighted by Crippen LogP contribution is -2.57. The van der Waals surface area contributed by atoms with Gasteiger partial charge in [0.1, 0.15) is 5.60 Å². The lowest BCUT2D eigenvalue weighted by Gasteiger charge is -2.39. The second-order valence-electron chi connectivity index (χ2n) is 3.90. The van der Waals surface area contributed by atoms with Crippen molar-refractivity contribution in [2.45, 2.75) is 52.1 Å².